The Kier molecular flexibility index (Phi) is 6.18. The Morgan fingerprint density at radius 1 is 1.04 bits per heavy atom. The van der Waals surface area contributed by atoms with Crippen LogP contribution in [0.2, 0.25) is 0 Å². The van der Waals surface area contributed by atoms with Crippen LogP contribution in [0.4, 0.5) is 0 Å². The summed E-state index contributed by atoms with van der Waals surface area (Å²) >= 11 is 0. The molecule has 0 aliphatic carbocycles. The maximum atomic E-state index is 12.7. The van der Waals surface area contributed by atoms with Gasteiger partial charge in [0.1, 0.15) is 6.04 Å². The van der Waals surface area contributed by atoms with Crippen molar-refractivity contribution in [1.82, 2.24) is 10.2 Å². The number of carbonyl (C=O) groups excluding carboxylic acids is 2. The number of hydrogen-bond acceptors (Lipinski definition) is 2. The van der Waals surface area contributed by atoms with E-state index in [4.69, 9.17) is 0 Å². The predicted molar refractivity (Wildman–Crippen MR) is 112 cm³/mol. The van der Waals surface area contributed by atoms with Crippen LogP contribution >= 0.6 is 0 Å². The van der Waals surface area contributed by atoms with E-state index in [1.165, 1.54) is 11.1 Å². The van der Waals surface area contributed by atoms with Gasteiger partial charge in [0.25, 0.3) is 5.91 Å². The van der Waals surface area contributed by atoms with Crippen LogP contribution in [0.1, 0.15) is 55.1 Å². The molecule has 2 aromatic rings. The van der Waals surface area contributed by atoms with Crippen LogP contribution in [0.5, 0.6) is 0 Å². The van der Waals surface area contributed by atoms with Gasteiger partial charge in [-0.2, -0.15) is 0 Å². The molecule has 1 atom stereocenters. The zero-order chi connectivity index (χ0) is 20.1. The third-order valence-electron chi connectivity index (χ3n) is 5.37. The lowest BCUT2D eigenvalue weighted by atomic mass is 9.86. The molecule has 1 saturated heterocycles. The maximum Gasteiger partial charge on any atom is 0.254 e. The smallest absolute Gasteiger partial charge is 0.254 e. The molecule has 0 bridgehead atoms. The third-order valence-corrected chi connectivity index (χ3v) is 5.37. The molecule has 0 radical (unpaired) electrons. The Morgan fingerprint density at radius 3 is 2.36 bits per heavy atom. The van der Waals surface area contributed by atoms with Crippen molar-refractivity contribution in [2.45, 2.75) is 51.5 Å². The van der Waals surface area contributed by atoms with E-state index in [2.05, 4.69) is 50.4 Å². The molecule has 4 heteroatoms. The van der Waals surface area contributed by atoms with Crippen LogP contribution in [0.15, 0.2) is 54.6 Å². The van der Waals surface area contributed by atoms with Crippen LogP contribution in [0, 0.1) is 0 Å². The second-order valence-electron chi connectivity index (χ2n) is 8.51. The number of nitrogens with zero attached hydrogens (tertiary/aromatic N) is 1. The maximum absolute atomic E-state index is 12.7. The molecule has 3 rings (SSSR count). The number of benzene rings is 2. The fourth-order valence-corrected chi connectivity index (χ4v) is 3.65. The summed E-state index contributed by atoms with van der Waals surface area (Å²) in [6, 6.07) is 17.4. The molecule has 2 amide bonds. The topological polar surface area (TPSA) is 49.4 Å². The van der Waals surface area contributed by atoms with Gasteiger partial charge in [-0.15, -0.1) is 0 Å². The molecule has 2 aromatic carbocycles. The van der Waals surface area contributed by atoms with Gasteiger partial charge >= 0.3 is 0 Å². The highest BCUT2D eigenvalue weighted by atomic mass is 16.2. The zero-order valence-electron chi connectivity index (χ0n) is 17.1. The van der Waals surface area contributed by atoms with Gasteiger partial charge in [0, 0.05) is 18.7 Å². The highest BCUT2D eigenvalue weighted by molar-refractivity contribution is 5.97. The number of nitrogens with one attached hydrogen (secondary N) is 1. The van der Waals surface area contributed by atoms with Crippen molar-refractivity contribution in [1.29, 1.82) is 0 Å². The van der Waals surface area contributed by atoms with Gasteiger partial charge in [-0.1, -0.05) is 63.2 Å². The molecule has 1 heterocycles. The van der Waals surface area contributed by atoms with E-state index >= 15 is 0 Å². The van der Waals surface area contributed by atoms with Crippen molar-refractivity contribution in [2.24, 2.45) is 0 Å². The molecule has 1 aliphatic rings. The predicted octanol–water partition coefficient (Wildman–Crippen LogP) is 3.95. The molecular weight excluding hydrogens is 348 g/mol. The monoisotopic (exact) mass is 378 g/mol. The van der Waals surface area contributed by atoms with Crippen molar-refractivity contribution in [3.05, 3.63) is 71.3 Å². The molecule has 0 aromatic heterocycles. The fourth-order valence-electron chi connectivity index (χ4n) is 3.65. The summed E-state index contributed by atoms with van der Waals surface area (Å²) in [5, 5.41) is 3.02. The number of rotatable bonds is 5. The fraction of sp³-hybridized carbons (Fsp3) is 0.417. The van der Waals surface area contributed by atoms with Crippen LogP contribution in [0.3, 0.4) is 0 Å². The SMILES string of the molecule is CC(C)(C)c1ccc(CCNC(=O)C2CCCN2C(=O)c2ccccc2)cc1. The molecule has 148 valence electrons. The Bertz CT molecular complexity index is 807. The molecule has 1 fully saturated rings. The summed E-state index contributed by atoms with van der Waals surface area (Å²) in [6.07, 6.45) is 2.38. The molecule has 1 aliphatic heterocycles. The first-order valence-corrected chi connectivity index (χ1v) is 10.1. The number of amides is 2. The van der Waals surface area contributed by atoms with Gasteiger partial charge in [0.2, 0.25) is 5.91 Å². The highest BCUT2D eigenvalue weighted by Gasteiger charge is 2.34. The van der Waals surface area contributed by atoms with E-state index in [9.17, 15) is 9.59 Å². The Morgan fingerprint density at radius 2 is 1.71 bits per heavy atom. The molecule has 4 nitrogen and oxygen atoms in total. The molecular formula is C24H30N2O2. The number of likely N-dealkylation sites (tertiary alicyclic amines) is 1. The lowest BCUT2D eigenvalue weighted by molar-refractivity contribution is -0.124. The van der Waals surface area contributed by atoms with Crippen molar-refractivity contribution in [3.63, 3.8) is 0 Å². The number of hydrogen-bond donors (Lipinski definition) is 1. The molecule has 0 spiro atoms. The van der Waals surface area contributed by atoms with E-state index in [-0.39, 0.29) is 23.3 Å². The third kappa shape index (κ3) is 4.80. The van der Waals surface area contributed by atoms with E-state index in [1.54, 1.807) is 17.0 Å². The average Bonchev–Trinajstić information content (AvgIpc) is 3.17. The normalized spacial score (nSPS) is 16.8. The van der Waals surface area contributed by atoms with Gasteiger partial charge < -0.3 is 10.2 Å². The Labute approximate surface area is 167 Å². The van der Waals surface area contributed by atoms with Gasteiger partial charge in [0.05, 0.1) is 0 Å². The molecule has 28 heavy (non-hydrogen) atoms. The second kappa shape index (κ2) is 8.59. The lowest BCUT2D eigenvalue weighted by Gasteiger charge is -2.24. The van der Waals surface area contributed by atoms with Crippen molar-refractivity contribution in [2.75, 3.05) is 13.1 Å². The van der Waals surface area contributed by atoms with Crippen LogP contribution in [-0.4, -0.2) is 35.8 Å². The van der Waals surface area contributed by atoms with Gasteiger partial charge in [0.15, 0.2) is 0 Å². The van der Waals surface area contributed by atoms with E-state index in [0.717, 1.165) is 19.3 Å². The number of carbonyl (C=O) groups is 2. The summed E-state index contributed by atoms with van der Waals surface area (Å²) in [4.78, 5) is 27.1. The summed E-state index contributed by atoms with van der Waals surface area (Å²) in [5.74, 6) is -0.107. The zero-order valence-corrected chi connectivity index (χ0v) is 17.1. The van der Waals surface area contributed by atoms with Gasteiger partial charge in [-0.05, 0) is 47.9 Å². The minimum atomic E-state index is -0.365. The van der Waals surface area contributed by atoms with Crippen LogP contribution in [-0.2, 0) is 16.6 Å². The highest BCUT2D eigenvalue weighted by Crippen LogP contribution is 2.22. The minimum Gasteiger partial charge on any atom is -0.354 e. The Hall–Kier alpha value is -2.62. The van der Waals surface area contributed by atoms with E-state index < -0.39 is 0 Å². The first-order valence-electron chi connectivity index (χ1n) is 10.1. The average molecular weight is 379 g/mol. The molecule has 1 N–H and O–H groups in total. The van der Waals surface area contributed by atoms with Gasteiger partial charge in [-0.25, -0.2) is 0 Å². The summed E-state index contributed by atoms with van der Waals surface area (Å²) in [5.41, 5.74) is 3.30. The lowest BCUT2D eigenvalue weighted by Crippen LogP contribution is -2.46. The van der Waals surface area contributed by atoms with Crippen molar-refractivity contribution >= 4 is 11.8 Å². The van der Waals surface area contributed by atoms with E-state index in [1.807, 2.05) is 18.2 Å². The van der Waals surface area contributed by atoms with Crippen molar-refractivity contribution < 1.29 is 9.59 Å². The summed E-state index contributed by atoms with van der Waals surface area (Å²) < 4.78 is 0. The minimum absolute atomic E-state index is 0.0481. The first kappa shape index (κ1) is 20.1. The van der Waals surface area contributed by atoms with Crippen LogP contribution < -0.4 is 5.32 Å². The quantitative estimate of drug-likeness (QED) is 0.856. The van der Waals surface area contributed by atoms with Crippen molar-refractivity contribution in [3.8, 4) is 0 Å². The van der Waals surface area contributed by atoms with Crippen LogP contribution in [0.25, 0.3) is 0 Å². The second-order valence-corrected chi connectivity index (χ2v) is 8.51. The summed E-state index contributed by atoms with van der Waals surface area (Å²) in [7, 11) is 0. The van der Waals surface area contributed by atoms with E-state index in [0.29, 0.717) is 18.7 Å². The Balaban J connectivity index is 1.53. The standard InChI is InChI=1S/C24H30N2O2/c1-24(2,3)20-13-11-18(12-14-20)15-16-25-22(27)21-10-7-17-26(21)23(28)19-8-5-4-6-9-19/h4-6,8-9,11-14,21H,7,10,15-17H2,1-3H3,(H,25,27). The molecule has 1 unspecified atom stereocenters. The molecule has 0 saturated carbocycles. The summed E-state index contributed by atoms with van der Waals surface area (Å²) in [6.45, 7) is 7.82. The largest absolute Gasteiger partial charge is 0.354 e. The first-order chi connectivity index (χ1) is 13.4. The van der Waals surface area contributed by atoms with Gasteiger partial charge in [-0.3, -0.25) is 9.59 Å².